The smallest absolute Gasteiger partial charge is 0.146 e. The van der Waals surface area contributed by atoms with Crippen LogP contribution in [0.1, 0.15) is 26.3 Å². The first-order valence-electron chi connectivity index (χ1n) is 9.96. The Morgan fingerprint density at radius 1 is 0.967 bits per heavy atom. The Kier molecular flexibility index (Phi) is 10.4. The van der Waals surface area contributed by atoms with Crippen LogP contribution in [0.5, 0.6) is 5.75 Å². The zero-order valence-corrected chi connectivity index (χ0v) is 19.5. The molecule has 0 radical (unpaired) electrons. The minimum Gasteiger partial charge on any atom is -0.491 e. The van der Waals surface area contributed by atoms with E-state index < -0.39 is 6.10 Å². The van der Waals surface area contributed by atoms with Crippen molar-refractivity contribution in [3.05, 3.63) is 59.9 Å². The summed E-state index contributed by atoms with van der Waals surface area (Å²) in [6, 6.07) is 15.0. The molecule has 2 aromatic carbocycles. The lowest BCUT2D eigenvalue weighted by molar-refractivity contribution is 0.0662. The molecular formula is C23H33Cl2FN2O2. The topological polar surface area (TPSA) is 35.9 Å². The van der Waals surface area contributed by atoms with Gasteiger partial charge >= 0.3 is 0 Å². The van der Waals surface area contributed by atoms with Gasteiger partial charge in [-0.1, -0.05) is 45.0 Å². The maximum absolute atomic E-state index is 13.9. The van der Waals surface area contributed by atoms with Gasteiger partial charge in [-0.25, -0.2) is 4.39 Å². The van der Waals surface area contributed by atoms with Crippen LogP contribution in [-0.2, 0) is 5.41 Å². The molecule has 168 valence electrons. The third-order valence-electron chi connectivity index (χ3n) is 5.20. The molecule has 2 aromatic rings. The molecule has 1 saturated heterocycles. The normalized spacial score (nSPS) is 15.7. The molecule has 1 aliphatic heterocycles. The van der Waals surface area contributed by atoms with Crippen molar-refractivity contribution in [3.8, 4) is 5.75 Å². The second-order valence-electron chi connectivity index (χ2n) is 8.48. The standard InChI is InChI=1S/C23H31FN2O2.2ClH/c1-23(2,3)18-8-10-20(11-9-18)28-17-19(27)16-25-12-14-26(15-13-25)22-7-5-4-6-21(22)24;;/h4-11,19,27H,12-17H2,1-3H3;2*1H. The van der Waals surface area contributed by atoms with Gasteiger partial charge in [0.1, 0.15) is 24.3 Å². The minimum atomic E-state index is -0.553. The maximum Gasteiger partial charge on any atom is 0.146 e. The molecule has 4 nitrogen and oxygen atoms in total. The first-order valence-corrected chi connectivity index (χ1v) is 9.96. The van der Waals surface area contributed by atoms with Gasteiger partial charge in [-0.05, 0) is 35.2 Å². The molecule has 1 atom stereocenters. The monoisotopic (exact) mass is 458 g/mol. The summed E-state index contributed by atoms with van der Waals surface area (Å²) in [5.41, 5.74) is 2.03. The number of anilines is 1. The van der Waals surface area contributed by atoms with Gasteiger partial charge in [-0.2, -0.15) is 0 Å². The highest BCUT2D eigenvalue weighted by atomic mass is 35.5. The number of nitrogens with zero attached hydrogens (tertiary/aromatic N) is 2. The van der Waals surface area contributed by atoms with Gasteiger partial charge in [-0.3, -0.25) is 4.90 Å². The number of rotatable bonds is 6. The second kappa shape index (κ2) is 11.8. The van der Waals surface area contributed by atoms with Gasteiger partial charge in [-0.15, -0.1) is 24.8 Å². The van der Waals surface area contributed by atoms with E-state index in [4.69, 9.17) is 4.74 Å². The molecule has 1 fully saturated rings. The van der Waals surface area contributed by atoms with Crippen molar-refractivity contribution < 1.29 is 14.2 Å². The van der Waals surface area contributed by atoms with Crippen LogP contribution in [0.4, 0.5) is 10.1 Å². The lowest BCUT2D eigenvalue weighted by Gasteiger charge is -2.36. The summed E-state index contributed by atoms with van der Waals surface area (Å²) in [4.78, 5) is 4.26. The first kappa shape index (κ1) is 26.5. The average Bonchev–Trinajstić information content (AvgIpc) is 2.67. The number of benzene rings is 2. The highest BCUT2D eigenvalue weighted by Gasteiger charge is 2.21. The number of para-hydroxylation sites is 1. The SMILES string of the molecule is CC(C)(C)c1ccc(OCC(O)CN2CCN(c3ccccc3F)CC2)cc1.Cl.Cl. The lowest BCUT2D eigenvalue weighted by Crippen LogP contribution is -2.49. The minimum absolute atomic E-state index is 0. The highest BCUT2D eigenvalue weighted by Crippen LogP contribution is 2.24. The molecule has 0 aromatic heterocycles. The Balaban J connectivity index is 0.00000225. The van der Waals surface area contributed by atoms with Crippen molar-refractivity contribution in [1.29, 1.82) is 0 Å². The predicted molar refractivity (Wildman–Crippen MR) is 126 cm³/mol. The fourth-order valence-electron chi connectivity index (χ4n) is 3.47. The van der Waals surface area contributed by atoms with E-state index in [-0.39, 0.29) is 42.7 Å². The molecule has 1 unspecified atom stereocenters. The van der Waals surface area contributed by atoms with Crippen LogP contribution in [0.25, 0.3) is 0 Å². The summed E-state index contributed by atoms with van der Waals surface area (Å²) in [6.07, 6.45) is -0.553. The summed E-state index contributed by atoms with van der Waals surface area (Å²) < 4.78 is 19.7. The molecule has 30 heavy (non-hydrogen) atoms. The average molecular weight is 459 g/mol. The van der Waals surface area contributed by atoms with E-state index in [1.54, 1.807) is 6.07 Å². The third-order valence-corrected chi connectivity index (χ3v) is 5.20. The van der Waals surface area contributed by atoms with Crippen LogP contribution in [0.2, 0.25) is 0 Å². The van der Waals surface area contributed by atoms with Gasteiger partial charge in [0, 0.05) is 32.7 Å². The maximum atomic E-state index is 13.9. The van der Waals surface area contributed by atoms with Gasteiger partial charge in [0.15, 0.2) is 0 Å². The zero-order valence-electron chi connectivity index (χ0n) is 17.9. The molecule has 0 amide bonds. The fourth-order valence-corrected chi connectivity index (χ4v) is 3.47. The van der Waals surface area contributed by atoms with Crippen LogP contribution in [0.3, 0.4) is 0 Å². The molecule has 0 aliphatic carbocycles. The largest absolute Gasteiger partial charge is 0.491 e. The molecule has 0 saturated carbocycles. The number of hydrogen-bond acceptors (Lipinski definition) is 4. The summed E-state index contributed by atoms with van der Waals surface area (Å²) in [5.74, 6) is 0.596. The van der Waals surface area contributed by atoms with Crippen LogP contribution in [0, 0.1) is 5.82 Å². The van der Waals surface area contributed by atoms with E-state index in [0.29, 0.717) is 12.2 Å². The number of aliphatic hydroxyl groups excluding tert-OH is 1. The Morgan fingerprint density at radius 3 is 2.13 bits per heavy atom. The molecular weight excluding hydrogens is 426 g/mol. The van der Waals surface area contributed by atoms with E-state index in [1.807, 2.05) is 24.3 Å². The van der Waals surface area contributed by atoms with Crippen LogP contribution >= 0.6 is 24.8 Å². The lowest BCUT2D eigenvalue weighted by atomic mass is 9.87. The number of hydrogen-bond donors (Lipinski definition) is 1. The van der Waals surface area contributed by atoms with Crippen molar-refractivity contribution >= 4 is 30.5 Å². The van der Waals surface area contributed by atoms with Crippen molar-refractivity contribution in [2.75, 3.05) is 44.2 Å². The summed E-state index contributed by atoms with van der Waals surface area (Å²) in [7, 11) is 0. The molecule has 1 aliphatic rings. The van der Waals surface area contributed by atoms with Gasteiger partial charge < -0.3 is 14.7 Å². The number of ether oxygens (including phenoxy) is 1. The third kappa shape index (κ3) is 7.31. The second-order valence-corrected chi connectivity index (χ2v) is 8.48. The molecule has 1 N–H and O–H groups in total. The van der Waals surface area contributed by atoms with E-state index in [1.165, 1.54) is 11.6 Å². The summed E-state index contributed by atoms with van der Waals surface area (Å²) >= 11 is 0. The molecule has 0 spiro atoms. The Bertz CT molecular complexity index is 761. The van der Waals surface area contributed by atoms with Crippen molar-refractivity contribution in [2.24, 2.45) is 0 Å². The van der Waals surface area contributed by atoms with Gasteiger partial charge in [0.2, 0.25) is 0 Å². The molecule has 3 rings (SSSR count). The van der Waals surface area contributed by atoms with E-state index in [2.05, 4.69) is 42.7 Å². The first-order chi connectivity index (χ1) is 13.3. The van der Waals surface area contributed by atoms with Crippen molar-refractivity contribution in [1.82, 2.24) is 4.90 Å². The van der Waals surface area contributed by atoms with Crippen LogP contribution in [-0.4, -0.2) is 55.4 Å². The van der Waals surface area contributed by atoms with E-state index >= 15 is 0 Å². The summed E-state index contributed by atoms with van der Waals surface area (Å²) in [5, 5.41) is 10.3. The quantitative estimate of drug-likeness (QED) is 0.689. The van der Waals surface area contributed by atoms with Crippen LogP contribution < -0.4 is 9.64 Å². The molecule has 0 bridgehead atoms. The predicted octanol–water partition coefficient (Wildman–Crippen LogP) is 4.53. The van der Waals surface area contributed by atoms with Gasteiger partial charge in [0.05, 0.1) is 5.69 Å². The Hall–Kier alpha value is -1.53. The molecule has 1 heterocycles. The van der Waals surface area contributed by atoms with Crippen LogP contribution in [0.15, 0.2) is 48.5 Å². The Labute approximate surface area is 191 Å². The van der Waals surface area contributed by atoms with Crippen molar-refractivity contribution in [3.63, 3.8) is 0 Å². The molecule has 7 heteroatoms. The summed E-state index contributed by atoms with van der Waals surface area (Å²) in [6.45, 7) is 10.5. The van der Waals surface area contributed by atoms with Crippen molar-refractivity contribution in [2.45, 2.75) is 32.3 Å². The van der Waals surface area contributed by atoms with E-state index in [9.17, 15) is 9.50 Å². The highest BCUT2D eigenvalue weighted by molar-refractivity contribution is 5.85. The number of piperazine rings is 1. The zero-order chi connectivity index (χ0) is 20.1. The fraction of sp³-hybridized carbons (Fsp3) is 0.478. The number of β-amino-alcohol motifs (C(OH)–C–C–N with tert-alkyl or cyclic N) is 1. The Morgan fingerprint density at radius 2 is 1.57 bits per heavy atom. The number of aliphatic hydroxyl groups is 1. The number of halogens is 3. The van der Waals surface area contributed by atoms with E-state index in [0.717, 1.165) is 31.9 Å². The van der Waals surface area contributed by atoms with Gasteiger partial charge in [0.25, 0.3) is 0 Å².